The molecule has 0 fully saturated rings. The van der Waals surface area contributed by atoms with E-state index in [0.29, 0.717) is 24.2 Å². The zero-order chi connectivity index (χ0) is 13.6. The van der Waals surface area contributed by atoms with Crippen LogP contribution in [-0.4, -0.2) is 38.1 Å². The predicted octanol–water partition coefficient (Wildman–Crippen LogP) is 1.41. The largest absolute Gasteiger partial charge is 0.521 e. The van der Waals surface area contributed by atoms with Gasteiger partial charge in [0.05, 0.1) is 0 Å². The van der Waals surface area contributed by atoms with Crippen LogP contribution < -0.4 is 17.2 Å². The molecule has 0 bridgehead atoms. The summed E-state index contributed by atoms with van der Waals surface area (Å²) in [7, 11) is 0. The lowest BCUT2D eigenvalue weighted by Gasteiger charge is -2.46. The van der Waals surface area contributed by atoms with Gasteiger partial charge in [0, 0.05) is 0 Å². The Kier molecular flexibility index (Phi) is 7.90. The summed E-state index contributed by atoms with van der Waals surface area (Å²) in [5.74, 6) is 0. The van der Waals surface area contributed by atoms with Gasteiger partial charge in [-0.15, -0.1) is 0 Å². The van der Waals surface area contributed by atoms with Crippen molar-refractivity contribution in [3.63, 3.8) is 0 Å². The average molecular weight is 259 g/mol. The first-order valence-electron chi connectivity index (χ1n) is 6.93. The summed E-state index contributed by atoms with van der Waals surface area (Å²) in [6.45, 7) is 17.6. The average Bonchev–Trinajstić information content (AvgIpc) is 1.95. The second kappa shape index (κ2) is 7.73. The van der Waals surface area contributed by atoms with Crippen LogP contribution in [0.3, 0.4) is 0 Å². The molecule has 4 N–H and O–H groups in total. The van der Waals surface area contributed by atoms with Gasteiger partial charge in [0.15, 0.2) is 0 Å². The number of nitrogens with one attached hydrogen (secondary N) is 4. The van der Waals surface area contributed by atoms with E-state index in [1.165, 1.54) is 0 Å². The van der Waals surface area contributed by atoms with E-state index in [4.69, 9.17) is 0 Å². The molecule has 4 nitrogen and oxygen atoms in total. The fourth-order valence-electron chi connectivity index (χ4n) is 2.29. The van der Waals surface area contributed by atoms with E-state index in [1.807, 2.05) is 0 Å². The molecule has 0 rings (SSSR count). The van der Waals surface area contributed by atoms with Crippen LogP contribution in [0.15, 0.2) is 0 Å². The number of rotatable bonds is 8. The zero-order valence-electron chi connectivity index (χ0n) is 12.9. The summed E-state index contributed by atoms with van der Waals surface area (Å²) in [6, 6.07) is 1.85. The molecule has 0 amide bonds. The van der Waals surface area contributed by atoms with E-state index >= 15 is 0 Å². The van der Waals surface area contributed by atoms with Crippen LogP contribution in [0, 0.1) is 0 Å². The molecule has 0 aromatic carbocycles. The highest BCUT2D eigenvalue weighted by Gasteiger charge is 2.36. The van der Waals surface area contributed by atoms with Crippen LogP contribution in [0.5, 0.6) is 0 Å². The Morgan fingerprint density at radius 3 is 0.765 bits per heavy atom. The molecule has 5 heteroatoms. The third kappa shape index (κ3) is 8.15. The van der Waals surface area contributed by atoms with Crippen molar-refractivity contribution in [1.29, 1.82) is 0 Å². The Morgan fingerprint density at radius 1 is 0.471 bits per heavy atom. The van der Waals surface area contributed by atoms with Gasteiger partial charge in [-0.2, -0.15) is 0 Å². The van der Waals surface area contributed by atoms with Crippen molar-refractivity contribution in [2.45, 2.75) is 79.6 Å². The van der Waals surface area contributed by atoms with Crippen molar-refractivity contribution >= 4 is 14.0 Å². The summed E-state index contributed by atoms with van der Waals surface area (Å²) >= 11 is -2.38. The van der Waals surface area contributed by atoms with Crippen LogP contribution in [0.25, 0.3) is 0 Å². The standard InChI is InChI=1S/4C3H8N.Al/c4*1-3(2)4;/h4*3-4H,1-2H3;/q4*-1;+3. The molecule has 104 valence electrons. The first kappa shape index (κ1) is 17.4. The molecular formula is C12H32AlN4-. The third-order valence-electron chi connectivity index (χ3n) is 2.33. The topological polar surface area (TPSA) is 48.1 Å². The van der Waals surface area contributed by atoms with Crippen LogP contribution >= 0.6 is 0 Å². The molecule has 0 saturated carbocycles. The summed E-state index contributed by atoms with van der Waals surface area (Å²) < 4.78 is 14.9. The maximum Gasteiger partial charge on any atom is 0.521 e. The van der Waals surface area contributed by atoms with E-state index < -0.39 is 14.0 Å². The van der Waals surface area contributed by atoms with E-state index in [-0.39, 0.29) is 0 Å². The summed E-state index contributed by atoms with van der Waals surface area (Å²) in [4.78, 5) is 0. The molecule has 0 aliphatic heterocycles. The van der Waals surface area contributed by atoms with Gasteiger partial charge in [-0.3, -0.25) is 0 Å². The lowest BCUT2D eigenvalue weighted by Crippen LogP contribution is -2.84. The van der Waals surface area contributed by atoms with Gasteiger partial charge in [0.25, 0.3) is 0 Å². The maximum atomic E-state index is 3.72. The van der Waals surface area contributed by atoms with Crippen LogP contribution in [-0.2, 0) is 0 Å². The lowest BCUT2D eigenvalue weighted by atomic mass is 10.4. The molecule has 0 aliphatic carbocycles. The molecule has 0 aliphatic rings. The summed E-state index contributed by atoms with van der Waals surface area (Å²) in [6.07, 6.45) is 0. The predicted molar refractivity (Wildman–Crippen MR) is 78.8 cm³/mol. The van der Waals surface area contributed by atoms with E-state index in [2.05, 4.69) is 72.6 Å². The SMILES string of the molecule is CC(C)[NH][Al-]([NH]C(C)C)([NH]C(C)C)[NH]C(C)C. The molecule has 17 heavy (non-hydrogen) atoms. The van der Waals surface area contributed by atoms with Crippen molar-refractivity contribution in [1.82, 2.24) is 17.2 Å². The maximum absolute atomic E-state index is 3.72. The smallest absolute Gasteiger partial charge is 0.485 e. The monoisotopic (exact) mass is 259 g/mol. The first-order chi connectivity index (χ1) is 7.67. The van der Waals surface area contributed by atoms with E-state index in [1.54, 1.807) is 0 Å². The van der Waals surface area contributed by atoms with E-state index in [9.17, 15) is 0 Å². The fourth-order valence-corrected chi connectivity index (χ4v) is 6.87. The number of hydrogen-bond acceptors (Lipinski definition) is 4. The summed E-state index contributed by atoms with van der Waals surface area (Å²) in [5.41, 5.74) is 0. The summed E-state index contributed by atoms with van der Waals surface area (Å²) in [5, 5.41) is 0. The van der Waals surface area contributed by atoms with Crippen molar-refractivity contribution in [3.8, 4) is 0 Å². The molecule has 0 atom stereocenters. The molecule has 0 aromatic heterocycles. The minimum absolute atomic E-state index is 0.462. The van der Waals surface area contributed by atoms with Gasteiger partial charge < -0.3 is 17.2 Å². The minimum Gasteiger partial charge on any atom is -0.485 e. The Morgan fingerprint density at radius 2 is 0.647 bits per heavy atom. The molecule has 0 saturated heterocycles. The van der Waals surface area contributed by atoms with Gasteiger partial charge in [0.1, 0.15) is 0 Å². The highest BCUT2D eigenvalue weighted by atomic mass is 27.3. The normalized spacial score (nSPS) is 13.4. The van der Waals surface area contributed by atoms with Crippen molar-refractivity contribution in [2.75, 3.05) is 0 Å². The Hall–Kier alpha value is 0.372. The minimum atomic E-state index is -2.38. The first-order valence-corrected chi connectivity index (χ1v) is 9.24. The highest BCUT2D eigenvalue weighted by Crippen LogP contribution is 1.96. The fraction of sp³-hybridized carbons (Fsp3) is 1.00. The van der Waals surface area contributed by atoms with Crippen molar-refractivity contribution in [3.05, 3.63) is 0 Å². The highest BCUT2D eigenvalue weighted by molar-refractivity contribution is 6.70. The second-order valence-corrected chi connectivity index (χ2v) is 9.22. The lowest BCUT2D eigenvalue weighted by molar-refractivity contribution is 0.548. The van der Waals surface area contributed by atoms with Crippen molar-refractivity contribution in [2.24, 2.45) is 0 Å². The van der Waals surface area contributed by atoms with E-state index in [0.717, 1.165) is 0 Å². The number of hydrogen-bond donors (Lipinski definition) is 4. The second-order valence-electron chi connectivity index (χ2n) is 6.15. The third-order valence-corrected chi connectivity index (χ3v) is 7.00. The van der Waals surface area contributed by atoms with Gasteiger partial charge >= 0.3 is 14.0 Å². The Bertz CT molecular complexity index is 159. The van der Waals surface area contributed by atoms with Crippen molar-refractivity contribution < 1.29 is 0 Å². The molecule has 0 spiro atoms. The molecule has 0 heterocycles. The molecule has 0 unspecified atom stereocenters. The molecular weight excluding hydrogens is 227 g/mol. The quantitative estimate of drug-likeness (QED) is 0.498. The van der Waals surface area contributed by atoms with Gasteiger partial charge in [-0.05, 0) is 24.2 Å². The Balaban J connectivity index is 4.89. The van der Waals surface area contributed by atoms with Gasteiger partial charge in [-0.1, -0.05) is 55.4 Å². The zero-order valence-corrected chi connectivity index (χ0v) is 14.0. The van der Waals surface area contributed by atoms with Crippen LogP contribution in [0.4, 0.5) is 0 Å². The molecule has 0 aromatic rings. The van der Waals surface area contributed by atoms with Gasteiger partial charge in [-0.25, -0.2) is 0 Å². The molecule has 0 radical (unpaired) electrons. The van der Waals surface area contributed by atoms with Crippen LogP contribution in [0.1, 0.15) is 55.4 Å². The van der Waals surface area contributed by atoms with Crippen LogP contribution in [0.2, 0.25) is 0 Å². The van der Waals surface area contributed by atoms with Gasteiger partial charge in [0.2, 0.25) is 0 Å². The Labute approximate surface area is 111 Å².